The van der Waals surface area contributed by atoms with Crippen molar-refractivity contribution in [3.05, 3.63) is 81.2 Å². The molecule has 30 heavy (non-hydrogen) atoms. The van der Waals surface area contributed by atoms with Crippen LogP contribution in [0.1, 0.15) is 36.7 Å². The molecule has 4 aromatic rings. The Bertz CT molecular complexity index is 1330. The second kappa shape index (κ2) is 8.13. The maximum atomic E-state index is 13.7. The van der Waals surface area contributed by atoms with E-state index in [-0.39, 0.29) is 11.5 Å². The van der Waals surface area contributed by atoms with E-state index in [1.54, 1.807) is 17.7 Å². The van der Waals surface area contributed by atoms with E-state index in [1.807, 2.05) is 61.7 Å². The van der Waals surface area contributed by atoms with Crippen LogP contribution in [0.2, 0.25) is 0 Å². The fraction of sp³-hybridized carbons (Fsp3) is 0.208. The molecule has 0 aliphatic carbocycles. The molecule has 0 fully saturated rings. The van der Waals surface area contributed by atoms with Gasteiger partial charge in [-0.3, -0.25) is 9.36 Å². The van der Waals surface area contributed by atoms with Crippen molar-refractivity contribution in [2.75, 3.05) is 7.11 Å². The molecule has 5 nitrogen and oxygen atoms in total. The fourth-order valence-corrected chi connectivity index (χ4v) is 4.50. The van der Waals surface area contributed by atoms with E-state index in [2.05, 4.69) is 6.07 Å². The molecule has 0 aliphatic rings. The number of aromatic nitrogens is 2. The monoisotopic (exact) mass is 415 g/mol. The summed E-state index contributed by atoms with van der Waals surface area (Å²) in [4.78, 5) is 19.2. The topological polar surface area (TPSA) is 67.9 Å². The number of hydrogen-bond donors (Lipinski definition) is 0. The van der Waals surface area contributed by atoms with Crippen LogP contribution in [0.25, 0.3) is 21.3 Å². The van der Waals surface area contributed by atoms with Gasteiger partial charge in [0, 0.05) is 16.9 Å². The molecule has 0 saturated carbocycles. The maximum Gasteiger partial charge on any atom is 0.263 e. The van der Waals surface area contributed by atoms with Crippen LogP contribution in [0.4, 0.5) is 0 Å². The Balaban J connectivity index is 1.92. The predicted octanol–water partition coefficient (Wildman–Crippen LogP) is 5.18. The van der Waals surface area contributed by atoms with Crippen LogP contribution in [-0.4, -0.2) is 16.7 Å². The number of ether oxygens (including phenoxy) is 1. The Morgan fingerprint density at radius 2 is 2.00 bits per heavy atom. The normalized spacial score (nSPS) is 11.0. The van der Waals surface area contributed by atoms with E-state index in [0.29, 0.717) is 17.5 Å². The second-order valence-electron chi connectivity index (χ2n) is 7.39. The molecule has 0 saturated heterocycles. The van der Waals surface area contributed by atoms with E-state index < -0.39 is 0 Å². The first kappa shape index (κ1) is 19.9. The zero-order valence-electron chi connectivity index (χ0n) is 17.0. The smallest absolute Gasteiger partial charge is 0.263 e. The number of rotatable bonds is 5. The van der Waals surface area contributed by atoms with Gasteiger partial charge in [0.15, 0.2) is 0 Å². The van der Waals surface area contributed by atoms with Gasteiger partial charge in [-0.2, -0.15) is 5.26 Å². The van der Waals surface area contributed by atoms with Crippen molar-refractivity contribution in [2.24, 2.45) is 0 Å². The van der Waals surface area contributed by atoms with Crippen LogP contribution in [-0.2, 0) is 6.54 Å². The summed E-state index contributed by atoms with van der Waals surface area (Å²) in [5, 5.41) is 11.8. The first-order valence-corrected chi connectivity index (χ1v) is 10.5. The molecule has 0 amide bonds. The van der Waals surface area contributed by atoms with Gasteiger partial charge in [0.25, 0.3) is 5.56 Å². The Hall–Kier alpha value is -3.43. The quantitative estimate of drug-likeness (QED) is 0.451. The molecule has 150 valence electrons. The van der Waals surface area contributed by atoms with Gasteiger partial charge in [-0.1, -0.05) is 38.1 Å². The molecule has 2 heterocycles. The van der Waals surface area contributed by atoms with Crippen LogP contribution in [0.5, 0.6) is 5.75 Å². The van der Waals surface area contributed by atoms with Crippen LogP contribution in [0.3, 0.4) is 0 Å². The van der Waals surface area contributed by atoms with E-state index in [0.717, 1.165) is 33.1 Å². The molecule has 0 radical (unpaired) electrons. The van der Waals surface area contributed by atoms with E-state index >= 15 is 0 Å². The Labute approximate surface area is 178 Å². The average molecular weight is 416 g/mol. The van der Waals surface area contributed by atoms with Gasteiger partial charge in [0.1, 0.15) is 16.4 Å². The summed E-state index contributed by atoms with van der Waals surface area (Å²) >= 11 is 1.48. The van der Waals surface area contributed by atoms with Crippen LogP contribution in [0, 0.1) is 11.3 Å². The number of fused-ring (bicyclic) bond motifs is 1. The zero-order valence-corrected chi connectivity index (χ0v) is 17.9. The molecular formula is C24H21N3O2S. The maximum absolute atomic E-state index is 13.7. The van der Waals surface area contributed by atoms with Crippen molar-refractivity contribution in [3.63, 3.8) is 0 Å². The third kappa shape index (κ3) is 3.60. The number of benzene rings is 2. The summed E-state index contributed by atoms with van der Waals surface area (Å²) < 4.78 is 7.08. The summed E-state index contributed by atoms with van der Waals surface area (Å²) in [6.45, 7) is 4.44. The molecule has 0 bridgehead atoms. The van der Waals surface area contributed by atoms with Crippen LogP contribution >= 0.6 is 11.3 Å². The second-order valence-corrected chi connectivity index (χ2v) is 8.25. The minimum Gasteiger partial charge on any atom is -0.497 e. The number of hydrogen-bond acceptors (Lipinski definition) is 5. The van der Waals surface area contributed by atoms with Gasteiger partial charge in [-0.25, -0.2) is 4.98 Å². The third-order valence-corrected chi connectivity index (χ3v) is 5.89. The van der Waals surface area contributed by atoms with Crippen molar-refractivity contribution in [1.29, 1.82) is 5.26 Å². The lowest BCUT2D eigenvalue weighted by molar-refractivity contribution is 0.415. The van der Waals surface area contributed by atoms with Gasteiger partial charge in [0.2, 0.25) is 0 Å². The molecule has 6 heteroatoms. The molecule has 0 unspecified atom stereocenters. The van der Waals surface area contributed by atoms with Crippen molar-refractivity contribution < 1.29 is 4.74 Å². The van der Waals surface area contributed by atoms with E-state index in [9.17, 15) is 10.1 Å². The first-order valence-electron chi connectivity index (χ1n) is 9.67. The molecule has 0 N–H and O–H groups in total. The summed E-state index contributed by atoms with van der Waals surface area (Å²) in [6.07, 6.45) is 0. The van der Waals surface area contributed by atoms with Gasteiger partial charge in [-0.05, 0) is 35.4 Å². The lowest BCUT2D eigenvalue weighted by Gasteiger charge is -2.15. The largest absolute Gasteiger partial charge is 0.497 e. The zero-order chi connectivity index (χ0) is 21.3. The summed E-state index contributed by atoms with van der Waals surface area (Å²) in [6, 6.07) is 17.2. The number of thiophene rings is 1. The standard InChI is InChI=1S/C24H21N3O2S/c1-15(2)22-26-23-21(20(14-30-23)18-8-5-9-19(11-18)29-3)24(28)27(22)13-17-7-4-6-16(10-17)12-25/h4-11,14-15H,13H2,1-3H3. The summed E-state index contributed by atoms with van der Waals surface area (Å²) in [5.41, 5.74) is 3.20. The lowest BCUT2D eigenvalue weighted by Crippen LogP contribution is -2.26. The Morgan fingerprint density at radius 1 is 1.20 bits per heavy atom. The predicted molar refractivity (Wildman–Crippen MR) is 120 cm³/mol. The highest BCUT2D eigenvalue weighted by molar-refractivity contribution is 7.17. The van der Waals surface area contributed by atoms with E-state index in [4.69, 9.17) is 9.72 Å². The van der Waals surface area contributed by atoms with Crippen molar-refractivity contribution in [2.45, 2.75) is 26.3 Å². The summed E-state index contributed by atoms with van der Waals surface area (Å²) in [5.74, 6) is 1.57. The van der Waals surface area contributed by atoms with Crippen molar-refractivity contribution in [1.82, 2.24) is 9.55 Å². The van der Waals surface area contributed by atoms with Crippen LogP contribution < -0.4 is 10.3 Å². The highest BCUT2D eigenvalue weighted by Crippen LogP contribution is 2.33. The minimum absolute atomic E-state index is 0.0647. The number of nitriles is 1. The van der Waals surface area contributed by atoms with Gasteiger partial charge in [0.05, 0.1) is 30.7 Å². The highest BCUT2D eigenvalue weighted by Gasteiger charge is 2.19. The van der Waals surface area contributed by atoms with Gasteiger partial charge < -0.3 is 4.74 Å². The molecule has 0 aliphatic heterocycles. The molecule has 2 aromatic carbocycles. The molecule has 4 rings (SSSR count). The molecule has 0 atom stereocenters. The fourth-order valence-electron chi connectivity index (χ4n) is 3.56. The average Bonchev–Trinajstić information content (AvgIpc) is 3.20. The highest BCUT2D eigenvalue weighted by atomic mass is 32.1. The minimum atomic E-state index is -0.0647. The van der Waals surface area contributed by atoms with Gasteiger partial charge >= 0.3 is 0 Å². The molecular weight excluding hydrogens is 394 g/mol. The lowest BCUT2D eigenvalue weighted by atomic mass is 10.1. The Morgan fingerprint density at radius 3 is 2.73 bits per heavy atom. The first-order chi connectivity index (χ1) is 14.5. The number of methoxy groups -OCH3 is 1. The van der Waals surface area contributed by atoms with Gasteiger partial charge in [-0.15, -0.1) is 11.3 Å². The number of nitrogens with zero attached hydrogens (tertiary/aromatic N) is 3. The van der Waals surface area contributed by atoms with Crippen molar-refractivity contribution in [3.8, 4) is 22.9 Å². The SMILES string of the molecule is COc1cccc(-c2csc3nc(C(C)C)n(Cc4cccc(C#N)c4)c(=O)c23)c1. The Kier molecular flexibility index (Phi) is 5.39. The third-order valence-electron chi connectivity index (χ3n) is 5.02. The van der Waals surface area contributed by atoms with E-state index in [1.165, 1.54) is 11.3 Å². The molecule has 2 aromatic heterocycles. The molecule has 0 spiro atoms. The van der Waals surface area contributed by atoms with Crippen LogP contribution in [0.15, 0.2) is 58.7 Å². The van der Waals surface area contributed by atoms with Crippen molar-refractivity contribution >= 4 is 21.6 Å². The summed E-state index contributed by atoms with van der Waals surface area (Å²) in [7, 11) is 1.63.